The summed E-state index contributed by atoms with van der Waals surface area (Å²) in [5.74, 6) is -0.118. The Morgan fingerprint density at radius 3 is 2.69 bits per heavy atom. The summed E-state index contributed by atoms with van der Waals surface area (Å²) in [7, 11) is 0. The molecule has 0 saturated carbocycles. The van der Waals surface area contributed by atoms with E-state index in [1.54, 1.807) is 12.4 Å². The van der Waals surface area contributed by atoms with Crippen LogP contribution in [0.4, 0.5) is 0 Å². The quantitative estimate of drug-likeness (QED) is 0.814. The highest BCUT2D eigenvalue weighted by Crippen LogP contribution is 2.03. The second kappa shape index (κ2) is 7.19. The van der Waals surface area contributed by atoms with Crippen LogP contribution in [-0.2, 0) is 11.3 Å². The average Bonchev–Trinajstić information content (AvgIpc) is 2.18. The van der Waals surface area contributed by atoms with Crippen LogP contribution in [0.1, 0.15) is 19.4 Å². The first-order valence-corrected chi connectivity index (χ1v) is 5.03. The van der Waals surface area contributed by atoms with Gasteiger partial charge in [0, 0.05) is 18.9 Å². The van der Waals surface area contributed by atoms with Crippen molar-refractivity contribution in [1.82, 2.24) is 10.3 Å². The number of nitrogens with two attached hydrogens (primary N) is 1. The highest BCUT2D eigenvalue weighted by molar-refractivity contribution is 5.85. The van der Waals surface area contributed by atoms with Gasteiger partial charge in [0.1, 0.15) is 0 Å². The van der Waals surface area contributed by atoms with Crippen molar-refractivity contribution >= 4 is 18.3 Å². The van der Waals surface area contributed by atoms with Crippen LogP contribution < -0.4 is 11.1 Å². The molecule has 0 fully saturated rings. The monoisotopic (exact) mass is 243 g/mol. The zero-order valence-electron chi connectivity index (χ0n) is 9.51. The van der Waals surface area contributed by atoms with E-state index in [4.69, 9.17) is 5.73 Å². The number of nitrogens with zero attached hydrogens (tertiary/aromatic N) is 1. The summed E-state index contributed by atoms with van der Waals surface area (Å²) >= 11 is 0. The number of carbonyl (C=O) groups excluding carboxylic acids is 1. The van der Waals surface area contributed by atoms with E-state index in [-0.39, 0.29) is 30.3 Å². The molecule has 0 aliphatic rings. The fourth-order valence-electron chi connectivity index (χ4n) is 1.40. The normalized spacial score (nSPS) is 11.9. The van der Waals surface area contributed by atoms with E-state index in [9.17, 15) is 4.79 Å². The minimum atomic E-state index is -0.311. The lowest BCUT2D eigenvalue weighted by atomic mass is 10.0. The molecule has 1 aromatic heterocycles. The average molecular weight is 244 g/mol. The third-order valence-corrected chi connectivity index (χ3v) is 2.22. The number of pyridine rings is 1. The van der Waals surface area contributed by atoms with Crippen LogP contribution >= 0.6 is 12.4 Å². The number of hydrogen-bond donors (Lipinski definition) is 2. The number of hydrogen-bond acceptors (Lipinski definition) is 3. The molecule has 0 aliphatic heterocycles. The van der Waals surface area contributed by atoms with Crippen molar-refractivity contribution in [3.63, 3.8) is 0 Å². The van der Waals surface area contributed by atoms with Gasteiger partial charge in [-0.15, -0.1) is 12.4 Å². The van der Waals surface area contributed by atoms with Crippen molar-refractivity contribution in [3.8, 4) is 0 Å². The minimum absolute atomic E-state index is 0. The molecule has 1 rings (SSSR count). The number of primary amides is 1. The van der Waals surface area contributed by atoms with Gasteiger partial charge in [-0.05, 0) is 17.5 Å². The molecule has 1 amide bonds. The van der Waals surface area contributed by atoms with Gasteiger partial charge in [0.2, 0.25) is 5.91 Å². The molecule has 1 atom stereocenters. The summed E-state index contributed by atoms with van der Waals surface area (Å²) in [5, 5.41) is 3.12. The lowest BCUT2D eigenvalue weighted by Crippen LogP contribution is -2.44. The molecule has 5 heteroatoms. The molecule has 0 aliphatic carbocycles. The summed E-state index contributed by atoms with van der Waals surface area (Å²) in [6.07, 6.45) is 3.49. The van der Waals surface area contributed by atoms with Gasteiger partial charge in [-0.25, -0.2) is 0 Å². The highest BCUT2D eigenvalue weighted by Gasteiger charge is 2.18. The fourth-order valence-corrected chi connectivity index (χ4v) is 1.40. The number of amides is 1. The van der Waals surface area contributed by atoms with Gasteiger partial charge in [0.25, 0.3) is 0 Å². The number of carbonyl (C=O) groups is 1. The zero-order chi connectivity index (χ0) is 11.3. The first-order chi connectivity index (χ1) is 7.11. The van der Waals surface area contributed by atoms with Crippen LogP contribution in [-0.4, -0.2) is 16.9 Å². The van der Waals surface area contributed by atoms with Crippen LogP contribution in [0.3, 0.4) is 0 Å². The Balaban J connectivity index is 0.00000225. The SMILES string of the molecule is CC(C)C(NCc1cccnc1)C(N)=O.Cl. The molecule has 1 unspecified atom stereocenters. The first-order valence-electron chi connectivity index (χ1n) is 5.03. The molecule has 0 saturated heterocycles. The molecular formula is C11H18ClN3O. The van der Waals surface area contributed by atoms with E-state index in [0.717, 1.165) is 5.56 Å². The minimum Gasteiger partial charge on any atom is -0.368 e. The topological polar surface area (TPSA) is 68.0 Å². The molecule has 3 N–H and O–H groups in total. The Labute approximate surface area is 102 Å². The van der Waals surface area contributed by atoms with Crippen molar-refractivity contribution in [2.75, 3.05) is 0 Å². The summed E-state index contributed by atoms with van der Waals surface area (Å²) < 4.78 is 0. The van der Waals surface area contributed by atoms with Crippen LogP contribution in [0.25, 0.3) is 0 Å². The molecule has 16 heavy (non-hydrogen) atoms. The number of nitrogens with one attached hydrogen (secondary N) is 1. The number of aromatic nitrogens is 1. The smallest absolute Gasteiger partial charge is 0.234 e. The maximum atomic E-state index is 11.1. The molecule has 0 radical (unpaired) electrons. The number of halogens is 1. The van der Waals surface area contributed by atoms with Crippen LogP contribution in [0.2, 0.25) is 0 Å². The summed E-state index contributed by atoms with van der Waals surface area (Å²) in [5.41, 5.74) is 6.33. The maximum absolute atomic E-state index is 11.1. The number of rotatable bonds is 5. The molecule has 0 aromatic carbocycles. The predicted molar refractivity (Wildman–Crippen MR) is 66.1 cm³/mol. The molecular weight excluding hydrogens is 226 g/mol. The molecule has 90 valence electrons. The van der Waals surface area contributed by atoms with Gasteiger partial charge >= 0.3 is 0 Å². The van der Waals surface area contributed by atoms with E-state index in [1.807, 2.05) is 26.0 Å². The van der Waals surface area contributed by atoms with Crippen molar-refractivity contribution in [2.24, 2.45) is 11.7 Å². The Hall–Kier alpha value is -1.13. The largest absolute Gasteiger partial charge is 0.368 e. The van der Waals surface area contributed by atoms with E-state index in [0.29, 0.717) is 6.54 Å². The molecule has 0 bridgehead atoms. The first kappa shape index (κ1) is 14.9. The van der Waals surface area contributed by atoms with Gasteiger partial charge in [0.15, 0.2) is 0 Å². The van der Waals surface area contributed by atoms with E-state index in [1.165, 1.54) is 0 Å². The van der Waals surface area contributed by atoms with Crippen molar-refractivity contribution in [1.29, 1.82) is 0 Å². The van der Waals surface area contributed by atoms with Crippen LogP contribution in [0.5, 0.6) is 0 Å². The second-order valence-corrected chi connectivity index (χ2v) is 3.87. The van der Waals surface area contributed by atoms with E-state index >= 15 is 0 Å². The van der Waals surface area contributed by atoms with E-state index < -0.39 is 0 Å². The highest BCUT2D eigenvalue weighted by atomic mass is 35.5. The standard InChI is InChI=1S/C11H17N3O.ClH/c1-8(2)10(11(12)15)14-7-9-4-3-5-13-6-9;/h3-6,8,10,14H,7H2,1-2H3,(H2,12,15);1H. The lowest BCUT2D eigenvalue weighted by molar-refractivity contribution is -0.121. The van der Waals surface area contributed by atoms with Gasteiger partial charge in [-0.1, -0.05) is 19.9 Å². The van der Waals surface area contributed by atoms with Crippen molar-refractivity contribution in [2.45, 2.75) is 26.4 Å². The Bertz CT molecular complexity index is 316. The molecule has 0 spiro atoms. The zero-order valence-corrected chi connectivity index (χ0v) is 10.3. The van der Waals surface area contributed by atoms with Crippen LogP contribution in [0.15, 0.2) is 24.5 Å². The third-order valence-electron chi connectivity index (χ3n) is 2.22. The molecule has 4 nitrogen and oxygen atoms in total. The maximum Gasteiger partial charge on any atom is 0.234 e. The summed E-state index contributed by atoms with van der Waals surface area (Å²) in [6, 6.07) is 3.54. The van der Waals surface area contributed by atoms with Crippen molar-refractivity contribution in [3.05, 3.63) is 30.1 Å². The van der Waals surface area contributed by atoms with Gasteiger partial charge < -0.3 is 11.1 Å². The second-order valence-electron chi connectivity index (χ2n) is 3.87. The predicted octanol–water partition coefficient (Wildman–Crippen LogP) is 1.10. The Kier molecular flexibility index (Phi) is 6.69. The van der Waals surface area contributed by atoms with Crippen LogP contribution in [0, 0.1) is 5.92 Å². The lowest BCUT2D eigenvalue weighted by Gasteiger charge is -2.18. The molecule has 1 heterocycles. The Morgan fingerprint density at radius 2 is 2.25 bits per heavy atom. The third kappa shape index (κ3) is 4.59. The van der Waals surface area contributed by atoms with Gasteiger partial charge in [-0.3, -0.25) is 9.78 Å². The van der Waals surface area contributed by atoms with Gasteiger partial charge in [0.05, 0.1) is 6.04 Å². The summed E-state index contributed by atoms with van der Waals surface area (Å²) in [6.45, 7) is 4.54. The van der Waals surface area contributed by atoms with E-state index in [2.05, 4.69) is 10.3 Å². The molecule has 1 aromatic rings. The Morgan fingerprint density at radius 1 is 1.56 bits per heavy atom. The fraction of sp³-hybridized carbons (Fsp3) is 0.455. The van der Waals surface area contributed by atoms with Gasteiger partial charge in [-0.2, -0.15) is 0 Å². The van der Waals surface area contributed by atoms with Crippen molar-refractivity contribution < 1.29 is 4.79 Å². The summed E-state index contributed by atoms with van der Waals surface area (Å²) in [4.78, 5) is 15.1.